The number of ether oxygens (including phenoxy) is 1. The van der Waals surface area contributed by atoms with E-state index in [0.717, 1.165) is 0 Å². The van der Waals surface area contributed by atoms with Crippen LogP contribution >= 0.6 is 0 Å². The number of hydrogen-bond donors (Lipinski definition) is 1. The number of hydrogen-bond acceptors (Lipinski definition) is 3. The van der Waals surface area contributed by atoms with E-state index in [4.69, 9.17) is 10.5 Å². The van der Waals surface area contributed by atoms with Crippen LogP contribution in [0.15, 0.2) is 0 Å². The molecule has 0 saturated carbocycles. The Morgan fingerprint density at radius 1 is 1.29 bits per heavy atom. The molecule has 0 radical (unpaired) electrons. The third-order valence-electron chi connectivity index (χ3n) is 1.64. The fraction of sp³-hybridized carbons (Fsp3) is 0.909. The van der Waals surface area contributed by atoms with Crippen molar-refractivity contribution in [3.05, 3.63) is 0 Å². The first kappa shape index (κ1) is 13.4. The molecule has 0 aliphatic rings. The van der Waals surface area contributed by atoms with Gasteiger partial charge in [0.25, 0.3) is 0 Å². The molecule has 0 saturated heterocycles. The molecule has 0 rings (SSSR count). The Labute approximate surface area is 87.0 Å². The topological polar surface area (TPSA) is 52.3 Å². The van der Waals surface area contributed by atoms with Gasteiger partial charge in [-0.15, -0.1) is 0 Å². The van der Waals surface area contributed by atoms with Gasteiger partial charge in [0, 0.05) is 5.54 Å². The summed E-state index contributed by atoms with van der Waals surface area (Å²) in [5.74, 6) is -0.315. The van der Waals surface area contributed by atoms with Gasteiger partial charge in [-0.2, -0.15) is 0 Å². The van der Waals surface area contributed by atoms with Crippen LogP contribution in [0.5, 0.6) is 0 Å². The Morgan fingerprint density at radius 2 is 1.71 bits per heavy atom. The molecule has 0 aromatic carbocycles. The molecule has 0 aliphatic carbocycles. The third kappa shape index (κ3) is 6.89. The molecule has 1 unspecified atom stereocenters. The van der Waals surface area contributed by atoms with E-state index < -0.39 is 5.60 Å². The van der Waals surface area contributed by atoms with Crippen LogP contribution < -0.4 is 5.73 Å². The van der Waals surface area contributed by atoms with Crippen LogP contribution in [-0.4, -0.2) is 17.1 Å². The van der Waals surface area contributed by atoms with Crippen molar-refractivity contribution in [3.63, 3.8) is 0 Å². The van der Waals surface area contributed by atoms with Gasteiger partial charge in [-0.05, 0) is 41.0 Å². The van der Waals surface area contributed by atoms with Crippen molar-refractivity contribution in [3.8, 4) is 0 Å². The molecule has 0 aromatic rings. The zero-order valence-corrected chi connectivity index (χ0v) is 10.2. The largest absolute Gasteiger partial charge is 0.460 e. The molecule has 0 amide bonds. The number of esters is 1. The Balaban J connectivity index is 4.15. The van der Waals surface area contributed by atoms with Crippen molar-refractivity contribution < 1.29 is 9.53 Å². The second-order valence-corrected chi connectivity index (χ2v) is 5.63. The minimum atomic E-state index is -0.413. The second-order valence-electron chi connectivity index (χ2n) is 5.63. The highest BCUT2D eigenvalue weighted by Crippen LogP contribution is 2.18. The molecule has 84 valence electrons. The number of carbonyl (C=O) groups excluding carboxylic acids is 1. The summed E-state index contributed by atoms with van der Waals surface area (Å²) in [5, 5.41) is 0. The lowest BCUT2D eigenvalue weighted by Gasteiger charge is -2.26. The average molecular weight is 201 g/mol. The van der Waals surface area contributed by atoms with E-state index in [0.29, 0.717) is 6.42 Å². The minimum absolute atomic E-state index is 0.144. The van der Waals surface area contributed by atoms with Gasteiger partial charge < -0.3 is 10.5 Å². The maximum atomic E-state index is 11.6. The van der Waals surface area contributed by atoms with Gasteiger partial charge in [-0.1, -0.05) is 6.92 Å². The van der Waals surface area contributed by atoms with Crippen molar-refractivity contribution in [1.82, 2.24) is 0 Å². The first-order valence-corrected chi connectivity index (χ1v) is 5.03. The minimum Gasteiger partial charge on any atom is -0.460 e. The second kappa shape index (κ2) is 4.30. The quantitative estimate of drug-likeness (QED) is 0.711. The summed E-state index contributed by atoms with van der Waals surface area (Å²) in [6.45, 7) is 11.3. The van der Waals surface area contributed by atoms with Gasteiger partial charge in [0.05, 0.1) is 5.92 Å². The summed E-state index contributed by atoms with van der Waals surface area (Å²) in [6.07, 6.45) is 0.641. The Morgan fingerprint density at radius 3 is 2.00 bits per heavy atom. The number of carbonyl (C=O) groups is 1. The Bertz CT molecular complexity index is 198. The van der Waals surface area contributed by atoms with Crippen molar-refractivity contribution in [2.75, 3.05) is 0 Å². The lowest BCUT2D eigenvalue weighted by molar-refractivity contribution is -0.160. The summed E-state index contributed by atoms with van der Waals surface area (Å²) in [4.78, 5) is 11.6. The molecule has 3 heteroatoms. The average Bonchev–Trinajstić information content (AvgIpc) is 1.78. The van der Waals surface area contributed by atoms with Crippen molar-refractivity contribution in [2.24, 2.45) is 11.7 Å². The van der Waals surface area contributed by atoms with Crippen LogP contribution in [-0.2, 0) is 9.53 Å². The first-order valence-electron chi connectivity index (χ1n) is 5.03. The fourth-order valence-corrected chi connectivity index (χ4v) is 1.27. The molecule has 0 aromatic heterocycles. The van der Waals surface area contributed by atoms with Crippen molar-refractivity contribution >= 4 is 5.97 Å². The third-order valence-corrected chi connectivity index (χ3v) is 1.64. The Hall–Kier alpha value is -0.570. The molecule has 14 heavy (non-hydrogen) atoms. The van der Waals surface area contributed by atoms with E-state index in [-0.39, 0.29) is 17.4 Å². The fourth-order valence-electron chi connectivity index (χ4n) is 1.27. The molecule has 2 N–H and O–H groups in total. The summed E-state index contributed by atoms with van der Waals surface area (Å²) >= 11 is 0. The molecular weight excluding hydrogens is 178 g/mol. The van der Waals surface area contributed by atoms with Crippen LogP contribution in [0.2, 0.25) is 0 Å². The van der Waals surface area contributed by atoms with Gasteiger partial charge >= 0.3 is 5.97 Å². The molecular formula is C11H23NO2. The maximum absolute atomic E-state index is 11.6. The molecule has 3 nitrogen and oxygen atoms in total. The summed E-state index contributed by atoms with van der Waals surface area (Å²) in [7, 11) is 0. The lowest BCUT2D eigenvalue weighted by atomic mass is 9.93. The van der Waals surface area contributed by atoms with E-state index >= 15 is 0 Å². The maximum Gasteiger partial charge on any atom is 0.309 e. The van der Waals surface area contributed by atoms with E-state index in [9.17, 15) is 4.79 Å². The van der Waals surface area contributed by atoms with Crippen LogP contribution in [0.3, 0.4) is 0 Å². The zero-order chi connectivity index (χ0) is 11.6. The normalized spacial score (nSPS) is 15.1. The van der Waals surface area contributed by atoms with E-state index in [2.05, 4.69) is 0 Å². The lowest BCUT2D eigenvalue weighted by Crippen LogP contribution is -2.37. The summed E-state index contributed by atoms with van der Waals surface area (Å²) < 4.78 is 5.25. The molecule has 0 heterocycles. The van der Waals surface area contributed by atoms with Crippen LogP contribution in [0.1, 0.15) is 48.0 Å². The molecule has 0 fully saturated rings. The van der Waals surface area contributed by atoms with Crippen LogP contribution in [0.4, 0.5) is 0 Å². The predicted octanol–water partition coefficient (Wildman–Crippen LogP) is 2.09. The standard InChI is InChI=1S/C11H23NO2/c1-8(7-11(5,6)12)9(13)14-10(2,3)4/h8H,7,12H2,1-6H3. The molecule has 0 aliphatic heterocycles. The molecule has 0 bridgehead atoms. The van der Waals surface area contributed by atoms with Crippen LogP contribution in [0.25, 0.3) is 0 Å². The highest BCUT2D eigenvalue weighted by molar-refractivity contribution is 5.72. The van der Waals surface area contributed by atoms with Crippen LogP contribution in [0, 0.1) is 5.92 Å². The molecule has 0 spiro atoms. The van der Waals surface area contributed by atoms with Gasteiger partial charge in [-0.3, -0.25) is 4.79 Å². The summed E-state index contributed by atoms with van der Waals surface area (Å²) in [6, 6.07) is 0. The summed E-state index contributed by atoms with van der Waals surface area (Å²) in [5.41, 5.74) is 5.09. The Kier molecular flexibility index (Phi) is 4.13. The highest BCUT2D eigenvalue weighted by atomic mass is 16.6. The van der Waals surface area contributed by atoms with Gasteiger partial charge in [0.15, 0.2) is 0 Å². The van der Waals surface area contributed by atoms with Gasteiger partial charge in [0.2, 0.25) is 0 Å². The molecule has 1 atom stereocenters. The first-order chi connectivity index (χ1) is 6.01. The highest BCUT2D eigenvalue weighted by Gasteiger charge is 2.25. The van der Waals surface area contributed by atoms with Gasteiger partial charge in [-0.25, -0.2) is 0 Å². The number of rotatable bonds is 3. The number of nitrogens with two attached hydrogens (primary N) is 1. The smallest absolute Gasteiger partial charge is 0.309 e. The SMILES string of the molecule is CC(CC(C)(C)N)C(=O)OC(C)(C)C. The predicted molar refractivity (Wildman–Crippen MR) is 57.9 cm³/mol. The monoisotopic (exact) mass is 201 g/mol. The van der Waals surface area contributed by atoms with E-state index in [1.807, 2.05) is 41.5 Å². The van der Waals surface area contributed by atoms with Gasteiger partial charge in [0.1, 0.15) is 5.60 Å². The van der Waals surface area contributed by atoms with E-state index in [1.54, 1.807) is 0 Å². The van der Waals surface area contributed by atoms with Crippen molar-refractivity contribution in [2.45, 2.75) is 59.1 Å². The zero-order valence-electron chi connectivity index (χ0n) is 10.2. The van der Waals surface area contributed by atoms with Crippen molar-refractivity contribution in [1.29, 1.82) is 0 Å². The van der Waals surface area contributed by atoms with E-state index in [1.165, 1.54) is 0 Å².